The Bertz CT molecular complexity index is 181. The van der Waals surface area contributed by atoms with Gasteiger partial charge in [0, 0.05) is 19.1 Å². The summed E-state index contributed by atoms with van der Waals surface area (Å²) in [6.45, 7) is 6.44. The van der Waals surface area contributed by atoms with Gasteiger partial charge in [0.15, 0.2) is 0 Å². The maximum atomic E-state index is 3.41. The fourth-order valence-electron chi connectivity index (χ4n) is 3.06. The van der Waals surface area contributed by atoms with Gasteiger partial charge in [0.25, 0.3) is 0 Å². The Morgan fingerprint density at radius 2 is 2.14 bits per heavy atom. The highest BCUT2D eigenvalue weighted by atomic mass is 15.1. The number of nitrogens with zero attached hydrogens (tertiary/aromatic N) is 1. The molecule has 3 atom stereocenters. The van der Waals surface area contributed by atoms with E-state index in [2.05, 4.69) is 24.2 Å². The van der Waals surface area contributed by atoms with Gasteiger partial charge in [-0.15, -0.1) is 0 Å². The predicted octanol–water partition coefficient (Wildman–Crippen LogP) is 1.72. The second-order valence-corrected chi connectivity index (χ2v) is 5.32. The third-order valence-electron chi connectivity index (χ3n) is 3.97. The van der Waals surface area contributed by atoms with Gasteiger partial charge in [0.05, 0.1) is 0 Å². The van der Waals surface area contributed by atoms with Crippen molar-refractivity contribution in [1.82, 2.24) is 10.2 Å². The zero-order chi connectivity index (χ0) is 9.97. The van der Waals surface area contributed by atoms with E-state index in [0.717, 1.165) is 17.9 Å². The summed E-state index contributed by atoms with van der Waals surface area (Å²) in [6.07, 6.45) is 5.66. The summed E-state index contributed by atoms with van der Waals surface area (Å²) in [5, 5.41) is 3.41. The van der Waals surface area contributed by atoms with Crippen molar-refractivity contribution in [3.05, 3.63) is 0 Å². The van der Waals surface area contributed by atoms with Gasteiger partial charge >= 0.3 is 0 Å². The van der Waals surface area contributed by atoms with Gasteiger partial charge in [-0.2, -0.15) is 0 Å². The molecule has 2 heteroatoms. The zero-order valence-electron chi connectivity index (χ0n) is 9.63. The highest BCUT2D eigenvalue weighted by molar-refractivity contribution is 4.83. The second kappa shape index (κ2) is 4.63. The molecule has 0 amide bonds. The molecule has 0 radical (unpaired) electrons. The first kappa shape index (κ1) is 10.4. The first-order valence-corrected chi connectivity index (χ1v) is 6.17. The van der Waals surface area contributed by atoms with Crippen LogP contribution in [-0.2, 0) is 0 Å². The van der Waals surface area contributed by atoms with Crippen molar-refractivity contribution in [2.45, 2.75) is 38.6 Å². The number of nitrogens with one attached hydrogen (secondary N) is 1. The summed E-state index contributed by atoms with van der Waals surface area (Å²) in [5.41, 5.74) is 0. The average molecular weight is 196 g/mol. The first-order chi connectivity index (χ1) is 6.78. The van der Waals surface area contributed by atoms with Gasteiger partial charge in [-0.3, -0.25) is 0 Å². The van der Waals surface area contributed by atoms with Crippen LogP contribution in [0.4, 0.5) is 0 Å². The van der Waals surface area contributed by atoms with E-state index >= 15 is 0 Å². The van der Waals surface area contributed by atoms with E-state index in [0.29, 0.717) is 0 Å². The van der Waals surface area contributed by atoms with Gasteiger partial charge < -0.3 is 10.2 Å². The van der Waals surface area contributed by atoms with E-state index in [1.54, 1.807) is 0 Å². The zero-order valence-corrected chi connectivity index (χ0v) is 9.63. The third-order valence-corrected chi connectivity index (χ3v) is 3.97. The van der Waals surface area contributed by atoms with E-state index in [-0.39, 0.29) is 0 Å². The molecule has 0 bridgehead atoms. The van der Waals surface area contributed by atoms with Crippen LogP contribution in [0.25, 0.3) is 0 Å². The molecule has 2 fully saturated rings. The van der Waals surface area contributed by atoms with Crippen molar-refractivity contribution in [3.8, 4) is 0 Å². The Labute approximate surface area is 88.1 Å². The number of hydrogen-bond acceptors (Lipinski definition) is 2. The maximum absolute atomic E-state index is 3.41. The minimum atomic E-state index is 0.806. The molecule has 14 heavy (non-hydrogen) atoms. The minimum absolute atomic E-state index is 0.806. The van der Waals surface area contributed by atoms with Crippen molar-refractivity contribution in [3.63, 3.8) is 0 Å². The van der Waals surface area contributed by atoms with Gasteiger partial charge in [0.1, 0.15) is 0 Å². The number of rotatable bonds is 3. The first-order valence-electron chi connectivity index (χ1n) is 6.17. The summed E-state index contributed by atoms with van der Waals surface area (Å²) in [6, 6.07) is 0.806. The van der Waals surface area contributed by atoms with Crippen LogP contribution in [0.1, 0.15) is 32.6 Å². The summed E-state index contributed by atoms with van der Waals surface area (Å²) in [5.74, 6) is 1.91. The van der Waals surface area contributed by atoms with Crippen molar-refractivity contribution >= 4 is 0 Å². The minimum Gasteiger partial charge on any atom is -0.317 e. The highest BCUT2D eigenvalue weighted by Gasteiger charge is 2.27. The van der Waals surface area contributed by atoms with E-state index in [4.69, 9.17) is 0 Å². The van der Waals surface area contributed by atoms with Crippen molar-refractivity contribution < 1.29 is 0 Å². The average Bonchev–Trinajstić information content (AvgIpc) is 2.76. The van der Waals surface area contributed by atoms with E-state index in [1.165, 1.54) is 45.3 Å². The monoisotopic (exact) mass is 196 g/mol. The Morgan fingerprint density at radius 1 is 1.29 bits per heavy atom. The molecule has 1 saturated carbocycles. The van der Waals surface area contributed by atoms with Crippen molar-refractivity contribution in [2.75, 3.05) is 26.7 Å². The lowest BCUT2D eigenvalue weighted by molar-refractivity contribution is 0.270. The van der Waals surface area contributed by atoms with E-state index < -0.39 is 0 Å². The molecular formula is C12H24N2. The Morgan fingerprint density at radius 3 is 2.71 bits per heavy atom. The molecule has 0 aromatic rings. The Balaban J connectivity index is 1.71. The van der Waals surface area contributed by atoms with Gasteiger partial charge in [-0.25, -0.2) is 0 Å². The van der Waals surface area contributed by atoms with Crippen LogP contribution in [0.5, 0.6) is 0 Å². The molecule has 1 N–H and O–H groups in total. The summed E-state index contributed by atoms with van der Waals surface area (Å²) >= 11 is 0. The normalized spacial score (nSPS) is 39.4. The molecule has 3 unspecified atom stereocenters. The quantitative estimate of drug-likeness (QED) is 0.739. The standard InChI is InChI=1S/C12H24N2/c1-10-5-6-14(8-10)9-11-3-4-12(7-11)13-2/h10-13H,3-9H2,1-2H3. The van der Waals surface area contributed by atoms with Gasteiger partial charge in [-0.05, 0) is 51.1 Å². The summed E-state index contributed by atoms with van der Waals surface area (Å²) in [4.78, 5) is 2.67. The summed E-state index contributed by atoms with van der Waals surface area (Å²) < 4.78 is 0. The Kier molecular flexibility index (Phi) is 3.45. The Hall–Kier alpha value is -0.0800. The molecule has 1 aliphatic carbocycles. The second-order valence-electron chi connectivity index (χ2n) is 5.32. The molecule has 0 spiro atoms. The van der Waals surface area contributed by atoms with Gasteiger partial charge in [0.2, 0.25) is 0 Å². The fraction of sp³-hybridized carbons (Fsp3) is 1.00. The highest BCUT2D eigenvalue weighted by Crippen LogP contribution is 2.27. The van der Waals surface area contributed by atoms with Crippen molar-refractivity contribution in [2.24, 2.45) is 11.8 Å². The molecule has 1 heterocycles. The lowest BCUT2D eigenvalue weighted by atomic mass is 10.1. The number of likely N-dealkylation sites (tertiary alicyclic amines) is 1. The molecular weight excluding hydrogens is 172 g/mol. The summed E-state index contributed by atoms with van der Waals surface area (Å²) in [7, 11) is 2.10. The molecule has 2 aliphatic rings. The largest absolute Gasteiger partial charge is 0.317 e. The van der Waals surface area contributed by atoms with Crippen LogP contribution in [0.2, 0.25) is 0 Å². The van der Waals surface area contributed by atoms with Crippen LogP contribution in [0.15, 0.2) is 0 Å². The van der Waals surface area contributed by atoms with E-state index in [9.17, 15) is 0 Å². The SMILES string of the molecule is CNC1CCC(CN2CCC(C)C2)C1. The van der Waals surface area contributed by atoms with Crippen LogP contribution in [0.3, 0.4) is 0 Å². The topological polar surface area (TPSA) is 15.3 Å². The lowest BCUT2D eigenvalue weighted by Crippen LogP contribution is -2.28. The third kappa shape index (κ3) is 2.48. The molecule has 1 saturated heterocycles. The van der Waals surface area contributed by atoms with Crippen LogP contribution < -0.4 is 5.32 Å². The van der Waals surface area contributed by atoms with Crippen LogP contribution in [-0.4, -0.2) is 37.6 Å². The molecule has 2 nitrogen and oxygen atoms in total. The molecule has 1 aliphatic heterocycles. The molecule has 82 valence electrons. The molecule has 2 rings (SSSR count). The van der Waals surface area contributed by atoms with Crippen LogP contribution >= 0.6 is 0 Å². The predicted molar refractivity (Wildman–Crippen MR) is 60.4 cm³/mol. The lowest BCUT2D eigenvalue weighted by Gasteiger charge is -2.20. The van der Waals surface area contributed by atoms with Gasteiger partial charge in [-0.1, -0.05) is 6.92 Å². The molecule has 0 aromatic carbocycles. The van der Waals surface area contributed by atoms with E-state index in [1.807, 2.05) is 0 Å². The number of hydrogen-bond donors (Lipinski definition) is 1. The maximum Gasteiger partial charge on any atom is 0.00672 e. The molecule has 0 aromatic heterocycles. The van der Waals surface area contributed by atoms with Crippen molar-refractivity contribution in [1.29, 1.82) is 0 Å². The smallest absolute Gasteiger partial charge is 0.00672 e. The van der Waals surface area contributed by atoms with Crippen LogP contribution in [0, 0.1) is 11.8 Å². The fourth-order valence-corrected chi connectivity index (χ4v) is 3.06.